The average Bonchev–Trinajstić information content (AvgIpc) is 3.07. The fourth-order valence-corrected chi connectivity index (χ4v) is 3.18. The summed E-state index contributed by atoms with van der Waals surface area (Å²) in [4.78, 5) is 18.0. The highest BCUT2D eigenvalue weighted by atomic mass is 35.5. The maximum Gasteiger partial charge on any atom is 0.262 e. The molecule has 0 saturated carbocycles. The van der Waals surface area contributed by atoms with Crippen molar-refractivity contribution in [2.24, 2.45) is 0 Å². The Kier molecular flexibility index (Phi) is 6.94. The molecule has 1 amide bonds. The summed E-state index contributed by atoms with van der Waals surface area (Å²) in [7, 11) is 0. The maximum absolute atomic E-state index is 13.2. The van der Waals surface area contributed by atoms with E-state index in [4.69, 9.17) is 4.74 Å². The Labute approximate surface area is 143 Å². The van der Waals surface area contributed by atoms with Gasteiger partial charge >= 0.3 is 0 Å². The van der Waals surface area contributed by atoms with E-state index in [1.54, 1.807) is 11.1 Å². The molecule has 1 N–H and O–H groups in total. The first kappa shape index (κ1) is 19.5. The molecule has 2 unspecified atom stereocenters. The van der Waals surface area contributed by atoms with E-state index in [1.165, 1.54) is 11.3 Å². The number of carbonyl (C=O) groups is 1. The van der Waals surface area contributed by atoms with E-state index < -0.39 is 24.9 Å². The minimum Gasteiger partial charge on any atom is -0.367 e. The van der Waals surface area contributed by atoms with E-state index in [0.717, 1.165) is 5.01 Å². The van der Waals surface area contributed by atoms with Crippen LogP contribution in [0.5, 0.6) is 0 Å². The first-order valence-corrected chi connectivity index (χ1v) is 7.34. The van der Waals surface area contributed by atoms with Gasteiger partial charge in [-0.25, -0.2) is 13.8 Å². The third-order valence-electron chi connectivity index (χ3n) is 3.51. The molecule has 0 aliphatic carbocycles. The number of ether oxygens (including phenoxy) is 1. The largest absolute Gasteiger partial charge is 0.367 e. The van der Waals surface area contributed by atoms with Gasteiger partial charge in [0, 0.05) is 24.5 Å². The molecule has 2 aliphatic heterocycles. The molecule has 22 heavy (non-hydrogen) atoms. The lowest BCUT2D eigenvalue weighted by Crippen LogP contribution is -2.49. The lowest BCUT2D eigenvalue weighted by atomic mass is 10.1. The summed E-state index contributed by atoms with van der Waals surface area (Å²) in [6, 6.07) is -0.792. The van der Waals surface area contributed by atoms with Crippen molar-refractivity contribution >= 4 is 42.1 Å². The van der Waals surface area contributed by atoms with Crippen molar-refractivity contribution in [1.29, 1.82) is 0 Å². The standard InChI is InChI=1S/C12H15F2N3O2S.2ClH/c13-12(14)5-8(16-7-12)11(18)17-2-3-19-9(6-17)10-15-1-4-20-10;;/h1,4,8-9,16H,2-3,5-7H2;2*1H. The van der Waals surface area contributed by atoms with Crippen LogP contribution in [0.3, 0.4) is 0 Å². The summed E-state index contributed by atoms with van der Waals surface area (Å²) in [5.41, 5.74) is 0. The highest BCUT2D eigenvalue weighted by Gasteiger charge is 2.44. The molecule has 3 rings (SSSR count). The molecule has 2 aliphatic rings. The number of hydrogen-bond acceptors (Lipinski definition) is 5. The molecule has 0 spiro atoms. The Hall–Kier alpha value is -0.540. The van der Waals surface area contributed by atoms with Crippen molar-refractivity contribution in [2.75, 3.05) is 26.2 Å². The molecule has 10 heteroatoms. The topological polar surface area (TPSA) is 54.5 Å². The molecule has 1 aromatic rings. The van der Waals surface area contributed by atoms with Crippen LogP contribution in [0.15, 0.2) is 11.6 Å². The predicted molar refractivity (Wildman–Crippen MR) is 83.2 cm³/mol. The van der Waals surface area contributed by atoms with Gasteiger partial charge in [0.2, 0.25) is 5.91 Å². The molecule has 0 bridgehead atoms. The van der Waals surface area contributed by atoms with Gasteiger partial charge in [0.05, 0.1) is 25.7 Å². The van der Waals surface area contributed by atoms with Gasteiger partial charge in [0.15, 0.2) is 0 Å². The second kappa shape index (κ2) is 7.83. The van der Waals surface area contributed by atoms with Crippen LogP contribution in [0.2, 0.25) is 0 Å². The first-order valence-electron chi connectivity index (χ1n) is 6.46. The molecule has 1 aromatic heterocycles. The molecule has 126 valence electrons. The number of hydrogen-bond donors (Lipinski definition) is 1. The normalized spacial score (nSPS) is 26.9. The fourth-order valence-electron chi connectivity index (χ4n) is 2.50. The van der Waals surface area contributed by atoms with E-state index in [-0.39, 0.29) is 36.8 Å². The van der Waals surface area contributed by atoms with Crippen molar-refractivity contribution in [3.05, 3.63) is 16.6 Å². The van der Waals surface area contributed by atoms with E-state index >= 15 is 0 Å². The van der Waals surface area contributed by atoms with E-state index in [2.05, 4.69) is 10.3 Å². The minimum absolute atomic E-state index is 0. The van der Waals surface area contributed by atoms with E-state index in [9.17, 15) is 13.6 Å². The van der Waals surface area contributed by atoms with Crippen molar-refractivity contribution in [3.63, 3.8) is 0 Å². The van der Waals surface area contributed by atoms with Gasteiger partial charge in [-0.15, -0.1) is 36.2 Å². The highest BCUT2D eigenvalue weighted by molar-refractivity contribution is 7.09. The summed E-state index contributed by atoms with van der Waals surface area (Å²) >= 11 is 1.47. The second-order valence-electron chi connectivity index (χ2n) is 5.01. The minimum atomic E-state index is -2.79. The van der Waals surface area contributed by atoms with Crippen LogP contribution in [0.25, 0.3) is 0 Å². The van der Waals surface area contributed by atoms with Gasteiger partial charge in [-0.05, 0) is 0 Å². The molecule has 0 aromatic carbocycles. The third kappa shape index (κ3) is 4.26. The molecule has 5 nitrogen and oxygen atoms in total. The molecule has 2 atom stereocenters. The number of alkyl halides is 2. The Balaban J connectivity index is 0.00000121. The van der Waals surface area contributed by atoms with Crippen LogP contribution in [0.4, 0.5) is 8.78 Å². The number of nitrogens with zero attached hydrogens (tertiary/aromatic N) is 2. The zero-order chi connectivity index (χ0) is 14.2. The monoisotopic (exact) mass is 375 g/mol. The number of aromatic nitrogens is 1. The molecule has 2 fully saturated rings. The second-order valence-corrected chi connectivity index (χ2v) is 5.93. The predicted octanol–water partition coefficient (Wildman–Crippen LogP) is 1.88. The number of thiazole rings is 1. The number of halogens is 4. The number of carbonyl (C=O) groups excluding carboxylic acids is 1. The Bertz CT molecular complexity index is 493. The maximum atomic E-state index is 13.2. The third-order valence-corrected chi connectivity index (χ3v) is 4.38. The SMILES string of the molecule is Cl.Cl.O=C(C1CC(F)(F)CN1)N1CCOC(c2nccs2)C1. The number of morpholine rings is 1. The van der Waals surface area contributed by atoms with E-state index in [0.29, 0.717) is 19.7 Å². The summed E-state index contributed by atoms with van der Waals surface area (Å²) in [5.74, 6) is -3.06. The van der Waals surface area contributed by atoms with Crippen molar-refractivity contribution in [1.82, 2.24) is 15.2 Å². The summed E-state index contributed by atoms with van der Waals surface area (Å²) in [6.45, 7) is 0.781. The quantitative estimate of drug-likeness (QED) is 0.857. The molecule has 0 radical (unpaired) electrons. The van der Waals surface area contributed by atoms with Gasteiger partial charge < -0.3 is 9.64 Å². The van der Waals surface area contributed by atoms with Gasteiger partial charge in [-0.2, -0.15) is 0 Å². The van der Waals surface area contributed by atoms with Gasteiger partial charge in [-0.3, -0.25) is 10.1 Å². The van der Waals surface area contributed by atoms with Crippen LogP contribution in [0, 0.1) is 0 Å². The van der Waals surface area contributed by atoms with Gasteiger partial charge in [0.25, 0.3) is 5.92 Å². The zero-order valence-corrected chi connectivity index (χ0v) is 14.0. The van der Waals surface area contributed by atoms with Crippen LogP contribution in [-0.4, -0.2) is 54.0 Å². The Morgan fingerprint density at radius 1 is 1.50 bits per heavy atom. The number of nitrogens with one attached hydrogen (secondary N) is 1. The highest BCUT2D eigenvalue weighted by Crippen LogP contribution is 2.28. The number of rotatable bonds is 2. The van der Waals surface area contributed by atoms with Crippen LogP contribution < -0.4 is 5.32 Å². The van der Waals surface area contributed by atoms with Crippen molar-refractivity contribution in [2.45, 2.75) is 24.5 Å². The lowest BCUT2D eigenvalue weighted by Gasteiger charge is -2.33. The Morgan fingerprint density at radius 2 is 2.27 bits per heavy atom. The van der Waals surface area contributed by atoms with Crippen LogP contribution >= 0.6 is 36.2 Å². The summed E-state index contributed by atoms with van der Waals surface area (Å²) in [5, 5.41) is 5.26. The molecular formula is C12H17Cl2F2N3O2S. The van der Waals surface area contributed by atoms with Crippen molar-refractivity contribution < 1.29 is 18.3 Å². The average molecular weight is 376 g/mol. The van der Waals surface area contributed by atoms with Crippen LogP contribution in [-0.2, 0) is 9.53 Å². The first-order chi connectivity index (χ1) is 9.55. The summed E-state index contributed by atoms with van der Waals surface area (Å²) < 4.78 is 31.9. The summed E-state index contributed by atoms with van der Waals surface area (Å²) in [6.07, 6.45) is 1.00. The molecule has 3 heterocycles. The fraction of sp³-hybridized carbons (Fsp3) is 0.667. The molecular weight excluding hydrogens is 359 g/mol. The molecule has 2 saturated heterocycles. The van der Waals surface area contributed by atoms with Gasteiger partial charge in [-0.1, -0.05) is 0 Å². The smallest absolute Gasteiger partial charge is 0.262 e. The van der Waals surface area contributed by atoms with Crippen molar-refractivity contribution in [3.8, 4) is 0 Å². The van der Waals surface area contributed by atoms with Crippen LogP contribution in [0.1, 0.15) is 17.5 Å². The van der Waals surface area contributed by atoms with Gasteiger partial charge in [0.1, 0.15) is 11.1 Å². The Morgan fingerprint density at radius 3 is 2.86 bits per heavy atom. The zero-order valence-electron chi connectivity index (χ0n) is 11.5. The van der Waals surface area contributed by atoms with E-state index in [1.807, 2.05) is 5.38 Å². The lowest BCUT2D eigenvalue weighted by molar-refractivity contribution is -0.141. The number of amides is 1.